The summed E-state index contributed by atoms with van der Waals surface area (Å²) in [5, 5.41) is 2.65. The van der Waals surface area contributed by atoms with Crippen molar-refractivity contribution in [2.75, 3.05) is 11.6 Å². The smallest absolute Gasteiger partial charge is 0.328 e. The highest BCUT2D eigenvalue weighted by molar-refractivity contribution is 7.92. The predicted octanol–water partition coefficient (Wildman–Crippen LogP) is 1.35. The van der Waals surface area contributed by atoms with Gasteiger partial charge < -0.3 is 4.74 Å². The summed E-state index contributed by atoms with van der Waals surface area (Å²) in [7, 11) is -3.48. The minimum atomic E-state index is -4.72. The van der Waals surface area contributed by atoms with Gasteiger partial charge in [0.05, 0.1) is 19.0 Å². The van der Waals surface area contributed by atoms with Gasteiger partial charge in [-0.15, -0.1) is 5.10 Å². The standard InChI is InChI=1S/C12H9F2N5O3S/c1-22-12-15-7-9(13)10-16-11(17-18(10)12)23(20,21)19(14)8-5-3-2-4-6-8/h2-7H,1H3. The van der Waals surface area contributed by atoms with Crippen LogP contribution in [0.2, 0.25) is 0 Å². The van der Waals surface area contributed by atoms with E-state index in [1.54, 1.807) is 6.07 Å². The second kappa shape index (κ2) is 5.43. The number of ether oxygens (including phenoxy) is 1. The lowest BCUT2D eigenvalue weighted by Crippen LogP contribution is -2.23. The maximum atomic E-state index is 14.2. The summed E-state index contributed by atoms with van der Waals surface area (Å²) in [4.78, 5) is 7.11. The van der Waals surface area contributed by atoms with E-state index in [-0.39, 0.29) is 11.7 Å². The van der Waals surface area contributed by atoms with Gasteiger partial charge >= 0.3 is 16.0 Å². The fraction of sp³-hybridized carbons (Fsp3) is 0.0833. The molecule has 23 heavy (non-hydrogen) atoms. The Hall–Kier alpha value is -2.82. The lowest BCUT2D eigenvalue weighted by molar-refractivity contribution is 0.363. The van der Waals surface area contributed by atoms with Gasteiger partial charge in [0.1, 0.15) is 0 Å². The van der Waals surface area contributed by atoms with Crippen LogP contribution in [0.3, 0.4) is 0 Å². The maximum Gasteiger partial charge on any atom is 0.328 e. The van der Waals surface area contributed by atoms with E-state index in [4.69, 9.17) is 4.74 Å². The topological polar surface area (TPSA) is 89.7 Å². The van der Waals surface area contributed by atoms with Crippen molar-refractivity contribution in [1.29, 1.82) is 0 Å². The number of rotatable bonds is 4. The molecular formula is C12H9F2N5O3S. The Bertz CT molecular complexity index is 961. The Labute approximate surface area is 128 Å². The van der Waals surface area contributed by atoms with Crippen molar-refractivity contribution in [3.05, 3.63) is 42.3 Å². The zero-order valence-corrected chi connectivity index (χ0v) is 12.4. The molecule has 0 aliphatic carbocycles. The molecule has 3 rings (SSSR count). The van der Waals surface area contributed by atoms with Gasteiger partial charge in [-0.1, -0.05) is 27.2 Å². The number of aromatic nitrogens is 4. The van der Waals surface area contributed by atoms with Gasteiger partial charge in [-0.3, -0.25) is 0 Å². The number of para-hydroxylation sites is 1. The van der Waals surface area contributed by atoms with E-state index >= 15 is 0 Å². The first kappa shape index (κ1) is 15.1. The molecule has 8 nitrogen and oxygen atoms in total. The number of halogens is 2. The normalized spacial score (nSPS) is 11.6. The molecule has 0 saturated carbocycles. The minimum absolute atomic E-state index is 0.194. The largest absolute Gasteiger partial charge is 0.467 e. The van der Waals surface area contributed by atoms with Crippen molar-refractivity contribution in [2.45, 2.75) is 5.16 Å². The zero-order valence-electron chi connectivity index (χ0n) is 11.6. The Balaban J connectivity index is 2.14. The Kier molecular flexibility index (Phi) is 3.56. The summed E-state index contributed by atoms with van der Waals surface area (Å²) in [6.07, 6.45) is 0.795. The van der Waals surface area contributed by atoms with Gasteiger partial charge in [-0.2, -0.15) is 17.9 Å². The van der Waals surface area contributed by atoms with Crippen molar-refractivity contribution in [3.63, 3.8) is 0 Å². The molecular weight excluding hydrogens is 332 g/mol. The molecule has 11 heteroatoms. The molecule has 0 bridgehead atoms. The lowest BCUT2D eigenvalue weighted by Gasteiger charge is -2.10. The van der Waals surface area contributed by atoms with Gasteiger partial charge in [0.15, 0.2) is 11.5 Å². The first-order chi connectivity index (χ1) is 10.9. The Morgan fingerprint density at radius 1 is 1.26 bits per heavy atom. The van der Waals surface area contributed by atoms with E-state index in [0.29, 0.717) is 0 Å². The van der Waals surface area contributed by atoms with E-state index in [9.17, 15) is 17.3 Å². The second-order valence-electron chi connectivity index (χ2n) is 4.28. The van der Waals surface area contributed by atoms with Crippen LogP contribution in [-0.4, -0.2) is 35.1 Å². The van der Waals surface area contributed by atoms with E-state index in [0.717, 1.165) is 10.7 Å². The highest BCUT2D eigenvalue weighted by atomic mass is 32.2. The highest BCUT2D eigenvalue weighted by Gasteiger charge is 2.31. The van der Waals surface area contributed by atoms with Crippen molar-refractivity contribution in [3.8, 4) is 6.01 Å². The van der Waals surface area contributed by atoms with Crippen LogP contribution in [0.25, 0.3) is 5.65 Å². The van der Waals surface area contributed by atoms with Gasteiger partial charge in [-0.05, 0) is 12.1 Å². The summed E-state index contributed by atoms with van der Waals surface area (Å²) in [6, 6.07) is 6.81. The lowest BCUT2D eigenvalue weighted by atomic mass is 10.3. The van der Waals surface area contributed by atoms with E-state index in [1.807, 2.05) is 0 Å². The first-order valence-electron chi connectivity index (χ1n) is 6.16. The van der Waals surface area contributed by atoms with E-state index < -0.39 is 31.2 Å². The molecule has 0 saturated heterocycles. The van der Waals surface area contributed by atoms with Crippen LogP contribution in [0, 0.1) is 5.82 Å². The third-order valence-electron chi connectivity index (χ3n) is 2.85. The van der Waals surface area contributed by atoms with Crippen LogP contribution in [0.15, 0.2) is 41.7 Å². The number of sulfonamides is 1. The fourth-order valence-corrected chi connectivity index (χ4v) is 2.74. The summed E-state index contributed by atoms with van der Waals surface area (Å²) < 4.78 is 57.5. The number of methoxy groups -OCH3 is 1. The Morgan fingerprint density at radius 3 is 2.61 bits per heavy atom. The quantitative estimate of drug-likeness (QED) is 0.666. The monoisotopic (exact) mass is 341 g/mol. The van der Waals surface area contributed by atoms with E-state index in [1.165, 1.54) is 31.4 Å². The molecule has 0 spiro atoms. The van der Waals surface area contributed by atoms with Crippen molar-refractivity contribution < 1.29 is 22.0 Å². The SMILES string of the molecule is COc1ncc(F)c2nc(S(=O)(=O)N(F)c3ccccc3)nn12. The van der Waals surface area contributed by atoms with Crippen LogP contribution >= 0.6 is 0 Å². The van der Waals surface area contributed by atoms with Crippen molar-refractivity contribution >= 4 is 21.4 Å². The third kappa shape index (κ3) is 2.44. The van der Waals surface area contributed by atoms with Gasteiger partial charge in [0.25, 0.3) is 5.16 Å². The number of benzene rings is 1. The van der Waals surface area contributed by atoms with Gasteiger partial charge in [0, 0.05) is 0 Å². The second-order valence-corrected chi connectivity index (χ2v) is 5.91. The first-order valence-corrected chi connectivity index (χ1v) is 7.60. The van der Waals surface area contributed by atoms with Crippen LogP contribution in [0.5, 0.6) is 6.01 Å². The molecule has 2 aromatic heterocycles. The molecule has 1 aromatic carbocycles. The number of hydrogen-bond acceptors (Lipinski definition) is 6. The molecule has 0 fully saturated rings. The molecule has 0 amide bonds. The average Bonchev–Trinajstić information content (AvgIpc) is 3.02. The summed E-state index contributed by atoms with van der Waals surface area (Å²) >= 11 is 0. The number of hydrogen-bond donors (Lipinski definition) is 0. The fourth-order valence-electron chi connectivity index (χ4n) is 1.81. The third-order valence-corrected chi connectivity index (χ3v) is 4.12. The molecule has 0 N–H and O–H groups in total. The van der Waals surface area contributed by atoms with Crippen molar-refractivity contribution in [2.24, 2.45) is 0 Å². The molecule has 2 heterocycles. The molecule has 0 unspecified atom stereocenters. The van der Waals surface area contributed by atoms with Crippen LogP contribution in [-0.2, 0) is 10.0 Å². The predicted molar refractivity (Wildman–Crippen MR) is 74.5 cm³/mol. The molecule has 120 valence electrons. The zero-order chi connectivity index (χ0) is 16.6. The van der Waals surface area contributed by atoms with Gasteiger partial charge in [-0.25, -0.2) is 9.37 Å². The summed E-state index contributed by atoms with van der Waals surface area (Å²) in [6.45, 7) is 0. The molecule has 0 atom stereocenters. The molecule has 0 aliphatic rings. The number of nitrogens with zero attached hydrogens (tertiary/aromatic N) is 5. The van der Waals surface area contributed by atoms with Crippen LogP contribution < -0.4 is 9.26 Å². The maximum absolute atomic E-state index is 14.2. The van der Waals surface area contributed by atoms with Gasteiger partial charge in [0.2, 0.25) is 0 Å². The average molecular weight is 341 g/mol. The van der Waals surface area contributed by atoms with Crippen LogP contribution in [0.1, 0.15) is 0 Å². The molecule has 0 aliphatic heterocycles. The minimum Gasteiger partial charge on any atom is -0.467 e. The van der Waals surface area contributed by atoms with Crippen LogP contribution in [0.4, 0.5) is 14.6 Å². The number of fused-ring (bicyclic) bond motifs is 1. The Morgan fingerprint density at radius 2 is 1.96 bits per heavy atom. The molecule has 0 radical (unpaired) electrons. The van der Waals surface area contributed by atoms with E-state index in [2.05, 4.69) is 15.1 Å². The summed E-state index contributed by atoms with van der Waals surface area (Å²) in [5.41, 5.74) is -0.686. The van der Waals surface area contributed by atoms with Crippen molar-refractivity contribution in [1.82, 2.24) is 19.6 Å². The molecule has 3 aromatic rings. The summed E-state index contributed by atoms with van der Waals surface area (Å²) in [5.74, 6) is -0.926. The highest BCUT2D eigenvalue weighted by Crippen LogP contribution is 2.23. The number of anilines is 1.